The van der Waals surface area contributed by atoms with Gasteiger partial charge < -0.3 is 24.4 Å². The summed E-state index contributed by atoms with van der Waals surface area (Å²) in [7, 11) is 2.52. The van der Waals surface area contributed by atoms with E-state index in [4.69, 9.17) is 14.2 Å². The van der Waals surface area contributed by atoms with Crippen LogP contribution in [0.2, 0.25) is 0 Å². The third-order valence-electron chi connectivity index (χ3n) is 6.39. The predicted octanol–water partition coefficient (Wildman–Crippen LogP) is 3.48. The molecule has 0 radical (unpaired) electrons. The first-order chi connectivity index (χ1) is 19.5. The van der Waals surface area contributed by atoms with E-state index < -0.39 is 29.7 Å². The Bertz CT molecular complexity index is 1460. The van der Waals surface area contributed by atoms with E-state index in [-0.39, 0.29) is 31.8 Å². The van der Waals surface area contributed by atoms with Crippen LogP contribution in [0.25, 0.3) is 22.5 Å². The van der Waals surface area contributed by atoms with Crippen molar-refractivity contribution in [3.8, 4) is 22.5 Å². The molecule has 1 N–H and O–H groups in total. The fourth-order valence-electron chi connectivity index (χ4n) is 4.56. The number of rotatable bonds is 7. The highest BCUT2D eigenvalue weighted by atomic mass is 16.6. The molecule has 0 bridgehead atoms. The van der Waals surface area contributed by atoms with Gasteiger partial charge in [-0.1, -0.05) is 47.7 Å². The molecule has 2 amide bonds. The fourth-order valence-corrected chi connectivity index (χ4v) is 4.56. The zero-order valence-electron chi connectivity index (χ0n) is 23.7. The number of ether oxygens (including phenoxy) is 3. The maximum Gasteiger partial charge on any atom is 0.408 e. The molecule has 3 aromatic rings. The van der Waals surface area contributed by atoms with Gasteiger partial charge in [0.1, 0.15) is 17.3 Å². The summed E-state index contributed by atoms with van der Waals surface area (Å²) in [5.41, 5.74) is 3.11. The van der Waals surface area contributed by atoms with Gasteiger partial charge in [0.2, 0.25) is 5.91 Å². The second-order valence-corrected chi connectivity index (χ2v) is 10.4. The largest absolute Gasteiger partial charge is 0.469 e. The minimum atomic E-state index is -1.12. The number of para-hydroxylation sites is 1. The van der Waals surface area contributed by atoms with Crippen LogP contribution in [0.3, 0.4) is 0 Å². The summed E-state index contributed by atoms with van der Waals surface area (Å²) in [6, 6.07) is 13.6. The summed E-state index contributed by atoms with van der Waals surface area (Å²) >= 11 is 0. The van der Waals surface area contributed by atoms with Crippen molar-refractivity contribution in [3.05, 3.63) is 54.1 Å². The van der Waals surface area contributed by atoms with Crippen LogP contribution in [0, 0.1) is 0 Å². The number of anilines is 1. The fraction of sp³-hybridized carbons (Fsp3) is 0.379. The van der Waals surface area contributed by atoms with Gasteiger partial charge in [0.25, 0.3) is 0 Å². The van der Waals surface area contributed by atoms with Crippen LogP contribution in [-0.4, -0.2) is 64.8 Å². The molecule has 0 spiro atoms. The topological polar surface area (TPSA) is 142 Å². The first-order valence-electron chi connectivity index (χ1n) is 13.1. The average molecular weight is 564 g/mol. The number of hydrogen-bond donors (Lipinski definition) is 1. The molecular weight excluding hydrogens is 530 g/mol. The summed E-state index contributed by atoms with van der Waals surface area (Å²) in [5, 5.41) is 11.4. The van der Waals surface area contributed by atoms with Crippen molar-refractivity contribution in [2.45, 2.75) is 58.3 Å². The van der Waals surface area contributed by atoms with E-state index in [2.05, 4.69) is 15.6 Å². The number of alkyl carbamates (subject to hydrolysis) is 1. The van der Waals surface area contributed by atoms with Gasteiger partial charge in [-0.2, -0.15) is 0 Å². The molecule has 0 saturated carbocycles. The van der Waals surface area contributed by atoms with E-state index in [1.54, 1.807) is 30.4 Å². The highest BCUT2D eigenvalue weighted by Gasteiger charge is 2.32. The second-order valence-electron chi connectivity index (χ2n) is 10.4. The quantitative estimate of drug-likeness (QED) is 0.338. The predicted molar refractivity (Wildman–Crippen MR) is 149 cm³/mol. The number of methoxy groups -OCH3 is 2. The molecule has 41 heavy (non-hydrogen) atoms. The number of nitrogens with one attached hydrogen (secondary N) is 1. The molecule has 0 fully saturated rings. The van der Waals surface area contributed by atoms with Crippen LogP contribution >= 0.6 is 0 Å². The summed E-state index contributed by atoms with van der Waals surface area (Å²) in [4.78, 5) is 52.0. The Kier molecular flexibility index (Phi) is 8.70. The molecule has 1 aromatic heterocycles. The Labute approximate surface area is 237 Å². The van der Waals surface area contributed by atoms with Gasteiger partial charge in [0, 0.05) is 17.5 Å². The first kappa shape index (κ1) is 29.2. The van der Waals surface area contributed by atoms with E-state index in [1.165, 1.54) is 14.2 Å². The van der Waals surface area contributed by atoms with Crippen LogP contribution in [0.5, 0.6) is 0 Å². The SMILES string of the molecule is COC(=O)CCC(=O)N1Cc2ccccc2-c2c(nnn2C[C@@H](NC(=O)OC(C)(C)C)C(=O)OC)-c2ccccc21. The minimum absolute atomic E-state index is 0.0279. The number of nitrogens with zero attached hydrogens (tertiary/aromatic N) is 4. The Morgan fingerprint density at radius 3 is 2.32 bits per heavy atom. The van der Waals surface area contributed by atoms with Crippen molar-refractivity contribution in [3.63, 3.8) is 0 Å². The number of esters is 2. The molecule has 1 aliphatic rings. The average Bonchev–Trinajstić information content (AvgIpc) is 3.34. The molecule has 12 nitrogen and oxygen atoms in total. The summed E-state index contributed by atoms with van der Waals surface area (Å²) in [6.45, 7) is 5.29. The van der Waals surface area contributed by atoms with E-state index in [0.29, 0.717) is 22.6 Å². The third-order valence-corrected chi connectivity index (χ3v) is 6.39. The standard InChI is InChI=1S/C29H33N5O7/c1-29(2,3)41-28(38)30-21(27(37)40-5)17-34-26-19-11-7-6-10-18(19)16-33(23(35)14-15-24(36)39-4)22-13-9-8-12-20(22)25(26)31-32-34/h6-13,21H,14-17H2,1-5H3,(H,30,38)/t21-/m1/s1. The van der Waals surface area contributed by atoms with Crippen LogP contribution in [0.15, 0.2) is 48.5 Å². The monoisotopic (exact) mass is 563 g/mol. The van der Waals surface area contributed by atoms with Gasteiger partial charge in [0.15, 0.2) is 0 Å². The van der Waals surface area contributed by atoms with Crippen LogP contribution in [-0.2, 0) is 41.7 Å². The number of carbonyl (C=O) groups is 4. The van der Waals surface area contributed by atoms with Crippen molar-refractivity contribution < 1.29 is 33.4 Å². The molecule has 0 saturated heterocycles. The van der Waals surface area contributed by atoms with Gasteiger partial charge in [-0.3, -0.25) is 9.59 Å². The summed E-state index contributed by atoms with van der Waals surface area (Å²) in [6.07, 6.45) is -0.848. The van der Waals surface area contributed by atoms with E-state index >= 15 is 0 Å². The lowest BCUT2D eigenvalue weighted by Crippen LogP contribution is -2.46. The van der Waals surface area contributed by atoms with Gasteiger partial charge >= 0.3 is 18.0 Å². The van der Waals surface area contributed by atoms with Gasteiger partial charge in [-0.05, 0) is 32.4 Å². The van der Waals surface area contributed by atoms with Gasteiger partial charge in [0.05, 0.1) is 45.1 Å². The van der Waals surface area contributed by atoms with Crippen molar-refractivity contribution in [1.82, 2.24) is 20.3 Å². The van der Waals surface area contributed by atoms with Gasteiger partial charge in [-0.15, -0.1) is 5.10 Å². The molecule has 0 unspecified atom stereocenters. The van der Waals surface area contributed by atoms with Crippen molar-refractivity contribution in [1.29, 1.82) is 0 Å². The Balaban J connectivity index is 1.78. The number of hydrogen-bond acceptors (Lipinski definition) is 9. The Morgan fingerprint density at radius 1 is 0.951 bits per heavy atom. The second kappa shape index (κ2) is 12.2. The molecule has 2 aromatic carbocycles. The molecule has 0 aliphatic carbocycles. The lowest BCUT2D eigenvalue weighted by molar-refractivity contribution is -0.143. The minimum Gasteiger partial charge on any atom is -0.469 e. The van der Waals surface area contributed by atoms with Crippen molar-refractivity contribution in [2.24, 2.45) is 0 Å². The number of aromatic nitrogens is 3. The van der Waals surface area contributed by atoms with Crippen molar-refractivity contribution >= 4 is 29.6 Å². The molecule has 1 aliphatic heterocycles. The highest BCUT2D eigenvalue weighted by Crippen LogP contribution is 2.41. The van der Waals surface area contributed by atoms with Crippen molar-refractivity contribution in [2.75, 3.05) is 19.1 Å². The van der Waals surface area contributed by atoms with E-state index in [9.17, 15) is 19.2 Å². The number of amides is 2. The lowest BCUT2D eigenvalue weighted by Gasteiger charge is -2.28. The highest BCUT2D eigenvalue weighted by molar-refractivity contribution is 6.01. The van der Waals surface area contributed by atoms with Crippen LogP contribution in [0.1, 0.15) is 39.2 Å². The maximum absolute atomic E-state index is 13.4. The van der Waals surface area contributed by atoms with E-state index in [1.807, 2.05) is 48.5 Å². The lowest BCUT2D eigenvalue weighted by atomic mass is 9.95. The number of carbonyl (C=O) groups excluding carboxylic acids is 4. The number of benzene rings is 2. The molecule has 12 heteroatoms. The molecule has 2 heterocycles. The normalized spacial score (nSPS) is 13.0. The maximum atomic E-state index is 13.4. The van der Waals surface area contributed by atoms with E-state index in [0.717, 1.165) is 11.1 Å². The zero-order chi connectivity index (χ0) is 29.7. The third kappa shape index (κ3) is 6.71. The Morgan fingerprint density at radius 2 is 1.63 bits per heavy atom. The summed E-state index contributed by atoms with van der Waals surface area (Å²) < 4.78 is 16.5. The molecule has 1 atom stereocenters. The smallest absolute Gasteiger partial charge is 0.408 e. The summed E-state index contributed by atoms with van der Waals surface area (Å²) in [5.74, 6) is -1.40. The number of fused-ring (bicyclic) bond motifs is 5. The Hall–Kier alpha value is -4.74. The van der Waals surface area contributed by atoms with Gasteiger partial charge in [-0.25, -0.2) is 14.3 Å². The molecule has 216 valence electrons. The van der Waals surface area contributed by atoms with Crippen LogP contribution in [0.4, 0.5) is 10.5 Å². The zero-order valence-corrected chi connectivity index (χ0v) is 23.7. The van der Waals surface area contributed by atoms with Crippen LogP contribution < -0.4 is 10.2 Å². The molecule has 4 rings (SSSR count). The molecular formula is C29H33N5O7. The first-order valence-corrected chi connectivity index (χ1v) is 13.1.